The average molecular weight is 290 g/mol. The van der Waals surface area contributed by atoms with Crippen LogP contribution in [0.3, 0.4) is 0 Å². The summed E-state index contributed by atoms with van der Waals surface area (Å²) < 4.78 is 0. The smallest absolute Gasteiger partial charge is 0.0317 e. The molecule has 0 heterocycles. The van der Waals surface area contributed by atoms with Crippen LogP contribution in [0.25, 0.3) is 0 Å². The third kappa shape index (κ3) is 8.26. The van der Waals surface area contributed by atoms with Crippen LogP contribution in [-0.2, 0) is 0 Å². The third-order valence-corrected chi connectivity index (χ3v) is 4.31. The highest BCUT2D eigenvalue weighted by Crippen LogP contribution is 2.17. The fourth-order valence-corrected chi connectivity index (χ4v) is 2.83. The second-order valence-electron chi connectivity index (χ2n) is 6.30. The lowest BCUT2D eigenvalue weighted by molar-refractivity contribution is 0.491. The first-order valence-electron chi connectivity index (χ1n) is 9.07. The van der Waals surface area contributed by atoms with Crippen molar-refractivity contribution < 1.29 is 0 Å². The summed E-state index contributed by atoms with van der Waals surface area (Å²) in [6.45, 7) is 7.86. The van der Waals surface area contributed by atoms with Crippen molar-refractivity contribution in [2.75, 3.05) is 6.54 Å². The molecular weight excluding hydrogens is 254 g/mol. The molecule has 1 aromatic rings. The largest absolute Gasteiger partial charge is 0.310 e. The standard InChI is InChI=1S/C20H35N/c1-4-6-7-8-9-10-11-12-17-21-20(5-2)19-15-13-18(3)14-16-19/h13-16,20-21H,4-12,17H2,1-3H3. The quantitative estimate of drug-likeness (QED) is 0.453. The Bertz CT molecular complexity index is 341. The highest BCUT2D eigenvalue weighted by molar-refractivity contribution is 5.23. The molecule has 0 aliphatic rings. The second-order valence-corrected chi connectivity index (χ2v) is 6.30. The number of hydrogen-bond donors (Lipinski definition) is 1. The summed E-state index contributed by atoms with van der Waals surface area (Å²) in [5.41, 5.74) is 2.78. The van der Waals surface area contributed by atoms with Gasteiger partial charge in [-0.15, -0.1) is 0 Å². The number of unbranched alkanes of at least 4 members (excludes halogenated alkanes) is 7. The Morgan fingerprint density at radius 1 is 0.810 bits per heavy atom. The van der Waals surface area contributed by atoms with Gasteiger partial charge < -0.3 is 5.32 Å². The number of benzene rings is 1. The summed E-state index contributed by atoms with van der Waals surface area (Å²) in [6.07, 6.45) is 12.3. The van der Waals surface area contributed by atoms with Gasteiger partial charge in [0.1, 0.15) is 0 Å². The Hall–Kier alpha value is -0.820. The molecule has 0 fully saturated rings. The Morgan fingerprint density at radius 2 is 1.38 bits per heavy atom. The molecule has 120 valence electrons. The van der Waals surface area contributed by atoms with Crippen LogP contribution in [0.2, 0.25) is 0 Å². The van der Waals surface area contributed by atoms with Gasteiger partial charge in [-0.1, -0.05) is 88.6 Å². The first-order valence-corrected chi connectivity index (χ1v) is 9.07. The van der Waals surface area contributed by atoms with E-state index in [1.165, 1.54) is 68.9 Å². The molecule has 0 saturated carbocycles. The number of rotatable bonds is 12. The van der Waals surface area contributed by atoms with Gasteiger partial charge in [0.05, 0.1) is 0 Å². The van der Waals surface area contributed by atoms with Gasteiger partial charge in [0.2, 0.25) is 0 Å². The van der Waals surface area contributed by atoms with Crippen molar-refractivity contribution in [2.45, 2.75) is 84.6 Å². The van der Waals surface area contributed by atoms with Crippen molar-refractivity contribution in [3.05, 3.63) is 35.4 Å². The van der Waals surface area contributed by atoms with Gasteiger partial charge in [0.25, 0.3) is 0 Å². The minimum Gasteiger partial charge on any atom is -0.310 e. The first kappa shape index (κ1) is 18.2. The molecule has 1 aromatic carbocycles. The molecule has 0 aliphatic heterocycles. The molecule has 0 radical (unpaired) electrons. The zero-order chi connectivity index (χ0) is 15.3. The summed E-state index contributed by atoms with van der Waals surface area (Å²) in [7, 11) is 0. The number of nitrogens with one attached hydrogen (secondary N) is 1. The van der Waals surface area contributed by atoms with Gasteiger partial charge in [0.15, 0.2) is 0 Å². The minimum atomic E-state index is 0.523. The van der Waals surface area contributed by atoms with E-state index in [9.17, 15) is 0 Å². The van der Waals surface area contributed by atoms with Gasteiger partial charge >= 0.3 is 0 Å². The molecule has 0 bridgehead atoms. The van der Waals surface area contributed by atoms with Gasteiger partial charge in [-0.3, -0.25) is 0 Å². The van der Waals surface area contributed by atoms with Gasteiger partial charge in [0, 0.05) is 6.04 Å². The first-order chi connectivity index (χ1) is 10.3. The lowest BCUT2D eigenvalue weighted by Gasteiger charge is -2.17. The van der Waals surface area contributed by atoms with E-state index in [1.54, 1.807) is 0 Å². The molecule has 0 spiro atoms. The number of aryl methyl sites for hydroxylation is 1. The zero-order valence-electron chi connectivity index (χ0n) is 14.5. The topological polar surface area (TPSA) is 12.0 Å². The maximum Gasteiger partial charge on any atom is 0.0317 e. The zero-order valence-corrected chi connectivity index (χ0v) is 14.5. The van der Waals surface area contributed by atoms with Crippen LogP contribution in [0.1, 0.15) is 88.8 Å². The summed E-state index contributed by atoms with van der Waals surface area (Å²) in [4.78, 5) is 0. The summed E-state index contributed by atoms with van der Waals surface area (Å²) >= 11 is 0. The Morgan fingerprint density at radius 3 is 1.95 bits per heavy atom. The van der Waals surface area contributed by atoms with E-state index >= 15 is 0 Å². The van der Waals surface area contributed by atoms with Crippen molar-refractivity contribution >= 4 is 0 Å². The van der Waals surface area contributed by atoms with E-state index in [-0.39, 0.29) is 0 Å². The lowest BCUT2D eigenvalue weighted by Crippen LogP contribution is -2.21. The van der Waals surface area contributed by atoms with Crippen LogP contribution in [0, 0.1) is 6.92 Å². The molecule has 1 atom stereocenters. The maximum absolute atomic E-state index is 3.72. The molecule has 0 saturated heterocycles. The van der Waals surface area contributed by atoms with E-state index < -0.39 is 0 Å². The van der Waals surface area contributed by atoms with Crippen LogP contribution in [0.4, 0.5) is 0 Å². The van der Waals surface area contributed by atoms with Crippen molar-refractivity contribution in [1.29, 1.82) is 0 Å². The van der Waals surface area contributed by atoms with E-state index in [0.717, 1.165) is 6.54 Å². The maximum atomic E-state index is 3.72. The van der Waals surface area contributed by atoms with E-state index in [4.69, 9.17) is 0 Å². The molecule has 21 heavy (non-hydrogen) atoms. The summed E-state index contributed by atoms with van der Waals surface area (Å²) in [5.74, 6) is 0. The van der Waals surface area contributed by atoms with Crippen LogP contribution in [0.15, 0.2) is 24.3 Å². The van der Waals surface area contributed by atoms with E-state index in [2.05, 4.69) is 50.4 Å². The van der Waals surface area contributed by atoms with Crippen molar-refractivity contribution in [3.63, 3.8) is 0 Å². The van der Waals surface area contributed by atoms with Crippen LogP contribution >= 0.6 is 0 Å². The van der Waals surface area contributed by atoms with Crippen molar-refractivity contribution in [2.24, 2.45) is 0 Å². The molecule has 1 unspecified atom stereocenters. The predicted molar refractivity (Wildman–Crippen MR) is 94.8 cm³/mol. The summed E-state index contributed by atoms with van der Waals surface area (Å²) in [6, 6.07) is 9.50. The molecule has 0 aliphatic carbocycles. The van der Waals surface area contributed by atoms with Crippen LogP contribution < -0.4 is 5.32 Å². The molecule has 1 heteroatoms. The van der Waals surface area contributed by atoms with Crippen molar-refractivity contribution in [1.82, 2.24) is 5.32 Å². The van der Waals surface area contributed by atoms with E-state index in [0.29, 0.717) is 6.04 Å². The normalized spacial score (nSPS) is 12.5. The molecule has 0 amide bonds. The fraction of sp³-hybridized carbons (Fsp3) is 0.700. The second kappa shape index (κ2) is 11.8. The van der Waals surface area contributed by atoms with Crippen molar-refractivity contribution in [3.8, 4) is 0 Å². The summed E-state index contributed by atoms with van der Waals surface area (Å²) in [5, 5.41) is 3.72. The number of hydrogen-bond acceptors (Lipinski definition) is 1. The lowest BCUT2D eigenvalue weighted by atomic mass is 10.0. The average Bonchev–Trinajstić information content (AvgIpc) is 2.51. The van der Waals surface area contributed by atoms with Crippen LogP contribution in [0.5, 0.6) is 0 Å². The Balaban J connectivity index is 2.08. The Labute approximate surface area is 132 Å². The predicted octanol–water partition coefficient (Wildman–Crippen LogP) is 6.18. The fourth-order valence-electron chi connectivity index (χ4n) is 2.83. The third-order valence-electron chi connectivity index (χ3n) is 4.31. The van der Waals surface area contributed by atoms with Gasteiger partial charge in [-0.2, -0.15) is 0 Å². The van der Waals surface area contributed by atoms with E-state index in [1.807, 2.05) is 0 Å². The highest BCUT2D eigenvalue weighted by atomic mass is 14.9. The van der Waals surface area contributed by atoms with Gasteiger partial charge in [-0.05, 0) is 31.9 Å². The molecule has 0 aromatic heterocycles. The Kier molecular flexibility index (Phi) is 10.2. The van der Waals surface area contributed by atoms with Crippen LogP contribution in [-0.4, -0.2) is 6.54 Å². The molecule has 1 nitrogen and oxygen atoms in total. The minimum absolute atomic E-state index is 0.523. The highest BCUT2D eigenvalue weighted by Gasteiger charge is 2.07. The SMILES string of the molecule is CCCCCCCCCCNC(CC)c1ccc(C)cc1. The molecular formula is C20H35N. The molecule has 1 rings (SSSR count). The molecule has 1 N–H and O–H groups in total. The monoisotopic (exact) mass is 289 g/mol. The van der Waals surface area contributed by atoms with Gasteiger partial charge in [-0.25, -0.2) is 0 Å².